The SMILES string of the molecule is Brc1ccc(-c2ccc3c(c2)c2cc4c(ccc5oc6c(c54)C=CCC6)cc2n3-c2cccc(-c3ccccc3)c2)cc1. The van der Waals surface area contributed by atoms with E-state index in [2.05, 4.69) is 154 Å². The first-order chi connectivity index (χ1) is 21.2. The number of allylic oxidation sites excluding steroid dienone is 1. The lowest BCUT2D eigenvalue weighted by Gasteiger charge is -2.11. The molecule has 0 saturated heterocycles. The number of hydrogen-bond donors (Lipinski definition) is 0. The second-order valence-electron chi connectivity index (χ2n) is 11.4. The van der Waals surface area contributed by atoms with Gasteiger partial charge in [0.05, 0.1) is 11.0 Å². The molecule has 2 aromatic heterocycles. The number of fused-ring (bicyclic) bond motifs is 8. The van der Waals surface area contributed by atoms with Crippen LogP contribution in [0.4, 0.5) is 0 Å². The normalized spacial score (nSPS) is 13.0. The zero-order valence-corrected chi connectivity index (χ0v) is 24.9. The standard InChI is InChI=1S/C40H26BrNO/c41-30-17-13-26(14-18-30)28-15-19-36-34(22-28)35-24-33-29(16-20-39-40(33)32-11-4-5-12-38(32)43-39)23-37(35)42(36)31-10-6-9-27(21-31)25-7-2-1-3-8-25/h1-4,6-11,13-24H,5,12H2. The summed E-state index contributed by atoms with van der Waals surface area (Å²) in [6, 6.07) is 44.1. The van der Waals surface area contributed by atoms with Crippen LogP contribution >= 0.6 is 15.9 Å². The van der Waals surface area contributed by atoms with Crippen LogP contribution in [0.15, 0.2) is 136 Å². The lowest BCUT2D eigenvalue weighted by Crippen LogP contribution is -1.94. The fraction of sp³-hybridized carbons (Fsp3) is 0.0500. The molecule has 0 N–H and O–H groups in total. The van der Waals surface area contributed by atoms with Crippen molar-refractivity contribution in [1.82, 2.24) is 4.57 Å². The minimum atomic E-state index is 0.956. The Bertz CT molecular complexity index is 2390. The third kappa shape index (κ3) is 3.92. The van der Waals surface area contributed by atoms with Crippen molar-refractivity contribution in [3.63, 3.8) is 0 Å². The van der Waals surface area contributed by atoms with Crippen LogP contribution in [0, 0.1) is 0 Å². The van der Waals surface area contributed by atoms with E-state index in [1.807, 2.05) is 0 Å². The van der Waals surface area contributed by atoms with Gasteiger partial charge in [-0.3, -0.25) is 0 Å². The van der Waals surface area contributed by atoms with Gasteiger partial charge in [-0.05, 0) is 94.0 Å². The molecule has 2 heterocycles. The summed E-state index contributed by atoms with van der Waals surface area (Å²) in [7, 11) is 0. The highest BCUT2D eigenvalue weighted by atomic mass is 79.9. The first-order valence-electron chi connectivity index (χ1n) is 14.8. The van der Waals surface area contributed by atoms with Crippen molar-refractivity contribution in [2.45, 2.75) is 12.8 Å². The molecule has 0 bridgehead atoms. The van der Waals surface area contributed by atoms with Crippen LogP contribution in [-0.4, -0.2) is 4.57 Å². The Labute approximate surface area is 257 Å². The Morgan fingerprint density at radius 3 is 2.26 bits per heavy atom. The van der Waals surface area contributed by atoms with E-state index in [0.717, 1.165) is 34.3 Å². The minimum Gasteiger partial charge on any atom is -0.460 e. The monoisotopic (exact) mass is 615 g/mol. The highest BCUT2D eigenvalue weighted by Crippen LogP contribution is 2.42. The van der Waals surface area contributed by atoms with Crippen LogP contribution in [0.2, 0.25) is 0 Å². The van der Waals surface area contributed by atoms with Crippen molar-refractivity contribution in [2.24, 2.45) is 0 Å². The molecule has 6 aromatic carbocycles. The van der Waals surface area contributed by atoms with E-state index in [1.54, 1.807) is 0 Å². The zero-order chi connectivity index (χ0) is 28.5. The quantitative estimate of drug-likeness (QED) is 0.193. The Kier molecular flexibility index (Phi) is 5.51. The van der Waals surface area contributed by atoms with Gasteiger partial charge < -0.3 is 8.98 Å². The summed E-state index contributed by atoms with van der Waals surface area (Å²) >= 11 is 3.59. The van der Waals surface area contributed by atoms with Crippen molar-refractivity contribution >= 4 is 65.6 Å². The maximum atomic E-state index is 6.35. The van der Waals surface area contributed by atoms with Gasteiger partial charge in [0, 0.05) is 38.3 Å². The fourth-order valence-corrected chi connectivity index (χ4v) is 7.10. The zero-order valence-electron chi connectivity index (χ0n) is 23.3. The minimum absolute atomic E-state index is 0.956. The fourth-order valence-electron chi connectivity index (χ4n) is 6.84. The number of halogens is 1. The van der Waals surface area contributed by atoms with Crippen molar-refractivity contribution in [2.75, 3.05) is 0 Å². The maximum Gasteiger partial charge on any atom is 0.135 e. The van der Waals surface area contributed by atoms with Gasteiger partial charge in [0.1, 0.15) is 11.3 Å². The summed E-state index contributed by atoms with van der Waals surface area (Å²) in [6.45, 7) is 0. The second-order valence-corrected chi connectivity index (χ2v) is 12.3. The van der Waals surface area contributed by atoms with Crippen LogP contribution in [0.3, 0.4) is 0 Å². The van der Waals surface area contributed by atoms with E-state index in [1.165, 1.54) is 65.8 Å². The molecule has 2 nitrogen and oxygen atoms in total. The van der Waals surface area contributed by atoms with E-state index in [0.29, 0.717) is 0 Å². The first-order valence-corrected chi connectivity index (χ1v) is 15.6. The predicted octanol–water partition coefficient (Wildman–Crippen LogP) is 11.7. The van der Waals surface area contributed by atoms with Gasteiger partial charge in [0.2, 0.25) is 0 Å². The number of nitrogens with zero attached hydrogens (tertiary/aromatic N) is 1. The molecule has 0 unspecified atom stereocenters. The average Bonchev–Trinajstić information content (AvgIpc) is 3.60. The summed E-state index contributed by atoms with van der Waals surface area (Å²) in [6.07, 6.45) is 6.50. The molecule has 0 radical (unpaired) electrons. The molecule has 3 heteroatoms. The van der Waals surface area contributed by atoms with Gasteiger partial charge in [-0.2, -0.15) is 0 Å². The van der Waals surface area contributed by atoms with Crippen LogP contribution in [0.25, 0.3) is 77.6 Å². The molecule has 9 rings (SSSR count). The Hall–Kier alpha value is -4.86. The molecular formula is C40H26BrNO. The van der Waals surface area contributed by atoms with E-state index in [4.69, 9.17) is 4.42 Å². The lowest BCUT2D eigenvalue weighted by atomic mass is 9.96. The van der Waals surface area contributed by atoms with Crippen LogP contribution in [-0.2, 0) is 6.42 Å². The van der Waals surface area contributed by atoms with E-state index >= 15 is 0 Å². The molecule has 0 saturated carbocycles. The van der Waals surface area contributed by atoms with Crippen molar-refractivity contribution < 1.29 is 4.42 Å². The first kappa shape index (κ1) is 24.7. The maximum absolute atomic E-state index is 6.35. The highest BCUT2D eigenvalue weighted by Gasteiger charge is 2.20. The second kappa shape index (κ2) is 9.58. The Balaban J connectivity index is 1.37. The lowest BCUT2D eigenvalue weighted by molar-refractivity contribution is 0.546. The molecule has 43 heavy (non-hydrogen) atoms. The van der Waals surface area contributed by atoms with Gasteiger partial charge in [-0.15, -0.1) is 0 Å². The van der Waals surface area contributed by atoms with E-state index < -0.39 is 0 Å². The molecule has 1 aliphatic carbocycles. The third-order valence-electron chi connectivity index (χ3n) is 8.88. The molecule has 0 spiro atoms. The Morgan fingerprint density at radius 1 is 0.605 bits per heavy atom. The number of furan rings is 1. The van der Waals surface area contributed by atoms with Crippen LogP contribution in [0.5, 0.6) is 0 Å². The predicted molar refractivity (Wildman–Crippen MR) is 184 cm³/mol. The van der Waals surface area contributed by atoms with Crippen molar-refractivity contribution in [1.29, 1.82) is 0 Å². The van der Waals surface area contributed by atoms with Crippen LogP contribution < -0.4 is 0 Å². The van der Waals surface area contributed by atoms with Gasteiger partial charge in [-0.25, -0.2) is 0 Å². The number of hydrogen-bond acceptors (Lipinski definition) is 1. The topological polar surface area (TPSA) is 18.1 Å². The largest absolute Gasteiger partial charge is 0.460 e. The van der Waals surface area contributed by atoms with Gasteiger partial charge >= 0.3 is 0 Å². The van der Waals surface area contributed by atoms with Gasteiger partial charge in [0.25, 0.3) is 0 Å². The smallest absolute Gasteiger partial charge is 0.135 e. The number of rotatable bonds is 3. The van der Waals surface area contributed by atoms with E-state index in [-0.39, 0.29) is 0 Å². The number of aryl methyl sites for hydroxylation is 1. The summed E-state index contributed by atoms with van der Waals surface area (Å²) in [5.74, 6) is 1.10. The highest BCUT2D eigenvalue weighted by molar-refractivity contribution is 9.10. The van der Waals surface area contributed by atoms with E-state index in [9.17, 15) is 0 Å². The molecule has 0 atom stereocenters. The molecule has 1 aliphatic rings. The van der Waals surface area contributed by atoms with Gasteiger partial charge in [0.15, 0.2) is 0 Å². The molecular weight excluding hydrogens is 590 g/mol. The summed E-state index contributed by atoms with van der Waals surface area (Å²) in [5.41, 5.74) is 10.6. The van der Waals surface area contributed by atoms with Crippen molar-refractivity contribution in [3.8, 4) is 27.9 Å². The van der Waals surface area contributed by atoms with Gasteiger partial charge in [-0.1, -0.05) is 94.8 Å². The number of benzene rings is 6. The Morgan fingerprint density at radius 2 is 1.37 bits per heavy atom. The number of aromatic nitrogens is 1. The average molecular weight is 617 g/mol. The third-order valence-corrected chi connectivity index (χ3v) is 9.41. The molecule has 204 valence electrons. The molecule has 0 fully saturated rings. The molecule has 0 amide bonds. The summed E-state index contributed by atoms with van der Waals surface area (Å²) in [4.78, 5) is 0. The molecule has 0 aliphatic heterocycles. The summed E-state index contributed by atoms with van der Waals surface area (Å²) < 4.78 is 9.87. The van der Waals surface area contributed by atoms with Crippen molar-refractivity contribution in [3.05, 3.63) is 143 Å². The van der Waals surface area contributed by atoms with Crippen LogP contribution in [0.1, 0.15) is 17.7 Å². The molecule has 8 aromatic rings. The summed E-state index contributed by atoms with van der Waals surface area (Å²) in [5, 5.41) is 6.18.